The van der Waals surface area contributed by atoms with E-state index in [9.17, 15) is 14.4 Å². The van der Waals surface area contributed by atoms with E-state index in [1.807, 2.05) is 54.6 Å². The zero-order valence-corrected chi connectivity index (χ0v) is 21.7. The number of Topliss-reactive ketones (excluding diaryl/α,β-unsaturated/α-hetero) is 1. The van der Waals surface area contributed by atoms with Crippen LogP contribution < -0.4 is 10.6 Å². The number of carbonyl (C=O) groups excluding carboxylic acids is 3. The summed E-state index contributed by atoms with van der Waals surface area (Å²) in [7, 11) is 1.77. The number of hydrogen-bond donors (Lipinski definition) is 2. The van der Waals surface area contributed by atoms with E-state index in [1.54, 1.807) is 11.9 Å². The number of amides is 2. The minimum Gasteiger partial charge on any atom is -0.344 e. The molecule has 1 fully saturated rings. The third kappa shape index (κ3) is 5.99. The van der Waals surface area contributed by atoms with Crippen LogP contribution in [-0.4, -0.2) is 59.2 Å². The third-order valence-corrected chi connectivity index (χ3v) is 7.80. The van der Waals surface area contributed by atoms with Gasteiger partial charge in [0.1, 0.15) is 6.04 Å². The van der Waals surface area contributed by atoms with E-state index in [0.717, 1.165) is 35.0 Å². The highest BCUT2D eigenvalue weighted by atomic mass is 32.1. The van der Waals surface area contributed by atoms with E-state index in [4.69, 9.17) is 0 Å². The van der Waals surface area contributed by atoms with E-state index in [0.29, 0.717) is 30.8 Å². The lowest BCUT2D eigenvalue weighted by Gasteiger charge is -2.29. The van der Waals surface area contributed by atoms with E-state index in [-0.39, 0.29) is 17.6 Å². The molecular formula is C28H34N4O3S. The van der Waals surface area contributed by atoms with Crippen molar-refractivity contribution < 1.29 is 14.4 Å². The fourth-order valence-electron chi connectivity index (χ4n) is 4.74. The van der Waals surface area contributed by atoms with E-state index in [1.165, 1.54) is 11.3 Å². The monoisotopic (exact) mass is 506 g/mol. The Labute approximate surface area is 216 Å². The molecule has 7 nitrogen and oxygen atoms in total. The van der Waals surface area contributed by atoms with Gasteiger partial charge in [-0.05, 0) is 50.4 Å². The Hall–Kier alpha value is -3.10. The lowest BCUT2D eigenvalue weighted by atomic mass is 10.0. The molecule has 2 N–H and O–H groups in total. The van der Waals surface area contributed by atoms with Gasteiger partial charge in [-0.3, -0.25) is 14.4 Å². The number of ketones is 1. The highest BCUT2D eigenvalue weighted by Crippen LogP contribution is 2.24. The van der Waals surface area contributed by atoms with Crippen molar-refractivity contribution >= 4 is 39.2 Å². The zero-order valence-electron chi connectivity index (χ0n) is 20.9. The van der Waals surface area contributed by atoms with E-state index >= 15 is 0 Å². The highest BCUT2D eigenvalue weighted by molar-refractivity contribution is 7.20. The molecule has 190 valence electrons. The SMILES string of the molecule is CCCCC(NC(=O)[C@@H]1CCCN1C(=O)[C@@H](Cc1ccccc1)NC)C(=O)c1nc2ccccc2s1. The normalized spacial score (nSPS) is 17.2. The van der Waals surface area contributed by atoms with Gasteiger partial charge in [0.25, 0.3) is 0 Å². The Balaban J connectivity index is 1.47. The van der Waals surface area contributed by atoms with Crippen LogP contribution in [0.3, 0.4) is 0 Å². The van der Waals surface area contributed by atoms with Crippen molar-refractivity contribution in [3.63, 3.8) is 0 Å². The quantitative estimate of drug-likeness (QED) is 0.384. The highest BCUT2D eigenvalue weighted by Gasteiger charge is 2.38. The first-order valence-electron chi connectivity index (χ1n) is 12.7. The largest absolute Gasteiger partial charge is 0.344 e. The molecule has 0 aliphatic carbocycles. The van der Waals surface area contributed by atoms with Crippen molar-refractivity contribution in [3.8, 4) is 0 Å². The lowest BCUT2D eigenvalue weighted by molar-refractivity contribution is -0.140. The average Bonchev–Trinajstić information content (AvgIpc) is 3.57. The fraction of sp³-hybridized carbons (Fsp3) is 0.429. The van der Waals surface area contributed by atoms with Crippen LogP contribution in [0.4, 0.5) is 0 Å². The van der Waals surface area contributed by atoms with Gasteiger partial charge in [0, 0.05) is 6.54 Å². The fourth-order valence-corrected chi connectivity index (χ4v) is 5.70. The van der Waals surface area contributed by atoms with Crippen molar-refractivity contribution in [3.05, 3.63) is 65.2 Å². The van der Waals surface area contributed by atoms with Gasteiger partial charge in [0.2, 0.25) is 17.6 Å². The zero-order chi connectivity index (χ0) is 25.5. The molecule has 2 aromatic carbocycles. The van der Waals surface area contributed by atoms with Crippen molar-refractivity contribution in [1.82, 2.24) is 20.5 Å². The summed E-state index contributed by atoms with van der Waals surface area (Å²) in [6.07, 6.45) is 4.18. The molecule has 1 aliphatic heterocycles. The number of carbonyl (C=O) groups is 3. The van der Waals surface area contributed by atoms with E-state index in [2.05, 4.69) is 22.5 Å². The van der Waals surface area contributed by atoms with Gasteiger partial charge in [-0.25, -0.2) is 4.98 Å². The summed E-state index contributed by atoms with van der Waals surface area (Å²) in [5, 5.41) is 6.53. The first-order chi connectivity index (χ1) is 17.5. The van der Waals surface area contributed by atoms with Gasteiger partial charge in [-0.1, -0.05) is 62.2 Å². The summed E-state index contributed by atoms with van der Waals surface area (Å²) in [4.78, 5) is 46.4. The van der Waals surface area contributed by atoms with Crippen LogP contribution in [0.2, 0.25) is 0 Å². The lowest BCUT2D eigenvalue weighted by Crippen LogP contribution is -2.54. The average molecular weight is 507 g/mol. The predicted octanol–water partition coefficient (Wildman–Crippen LogP) is 3.98. The topological polar surface area (TPSA) is 91.4 Å². The van der Waals surface area contributed by atoms with Crippen LogP contribution in [0.1, 0.15) is 54.4 Å². The molecule has 1 aromatic heterocycles. The molecule has 1 unspecified atom stereocenters. The van der Waals surface area contributed by atoms with Gasteiger partial charge < -0.3 is 15.5 Å². The second-order valence-electron chi connectivity index (χ2n) is 9.28. The first-order valence-corrected chi connectivity index (χ1v) is 13.5. The maximum absolute atomic E-state index is 13.4. The maximum atomic E-state index is 13.4. The van der Waals surface area contributed by atoms with Crippen LogP contribution in [0.15, 0.2) is 54.6 Å². The molecule has 2 amide bonds. The second kappa shape index (κ2) is 12.2. The van der Waals surface area contributed by atoms with Gasteiger partial charge in [0.05, 0.1) is 22.3 Å². The number of unbranched alkanes of at least 4 members (excludes halogenated alkanes) is 1. The minimum atomic E-state index is -0.653. The number of likely N-dealkylation sites (tertiary alicyclic amines) is 1. The van der Waals surface area contributed by atoms with Crippen molar-refractivity contribution in [2.45, 2.75) is 63.6 Å². The molecule has 8 heteroatoms. The molecule has 0 spiro atoms. The summed E-state index contributed by atoms with van der Waals surface area (Å²) >= 11 is 1.35. The smallest absolute Gasteiger partial charge is 0.243 e. The van der Waals surface area contributed by atoms with Gasteiger partial charge >= 0.3 is 0 Å². The van der Waals surface area contributed by atoms with Crippen LogP contribution in [0, 0.1) is 0 Å². The number of likely N-dealkylation sites (N-methyl/N-ethyl adjacent to an activating group) is 1. The van der Waals surface area contributed by atoms with E-state index < -0.39 is 18.1 Å². The molecular weight excluding hydrogens is 472 g/mol. The van der Waals surface area contributed by atoms with Gasteiger partial charge in [-0.2, -0.15) is 0 Å². The number of rotatable bonds is 11. The third-order valence-electron chi connectivity index (χ3n) is 6.75. The number of nitrogens with zero attached hydrogens (tertiary/aromatic N) is 2. The molecule has 0 saturated carbocycles. The van der Waals surface area contributed by atoms with Crippen molar-refractivity contribution in [1.29, 1.82) is 0 Å². The number of aromatic nitrogens is 1. The number of hydrogen-bond acceptors (Lipinski definition) is 6. The number of fused-ring (bicyclic) bond motifs is 1. The predicted molar refractivity (Wildman–Crippen MR) is 143 cm³/mol. The van der Waals surface area contributed by atoms with Crippen molar-refractivity contribution in [2.75, 3.05) is 13.6 Å². The molecule has 0 radical (unpaired) electrons. The summed E-state index contributed by atoms with van der Waals surface area (Å²) in [6, 6.07) is 15.9. The van der Waals surface area contributed by atoms with Crippen LogP contribution in [0.5, 0.6) is 0 Å². The molecule has 36 heavy (non-hydrogen) atoms. The Bertz CT molecular complexity index is 1160. The Morgan fingerprint density at radius 3 is 2.56 bits per heavy atom. The number of para-hydroxylation sites is 1. The molecule has 0 bridgehead atoms. The molecule has 3 atom stereocenters. The molecule has 2 heterocycles. The number of benzene rings is 2. The van der Waals surface area contributed by atoms with Crippen LogP contribution in [-0.2, 0) is 16.0 Å². The van der Waals surface area contributed by atoms with Gasteiger partial charge in [0.15, 0.2) is 5.01 Å². The molecule has 4 rings (SSSR count). The summed E-state index contributed by atoms with van der Waals surface area (Å²) < 4.78 is 0.950. The number of nitrogens with one attached hydrogen (secondary N) is 2. The standard InChI is InChI=1S/C28H34N4O3S/c1-3-4-13-21(25(33)27-31-20-14-8-9-16-24(20)36-27)30-26(34)23-15-10-17-32(23)28(35)22(29-2)18-19-11-6-5-7-12-19/h5-9,11-12,14,16,21-23,29H,3-4,10,13,15,17-18H2,1-2H3,(H,30,34)/t21?,22-,23+/m1/s1. The summed E-state index contributed by atoms with van der Waals surface area (Å²) in [6.45, 7) is 2.60. The van der Waals surface area contributed by atoms with Crippen LogP contribution in [0.25, 0.3) is 10.2 Å². The maximum Gasteiger partial charge on any atom is 0.243 e. The Morgan fingerprint density at radius 1 is 1.08 bits per heavy atom. The van der Waals surface area contributed by atoms with Crippen molar-refractivity contribution in [2.24, 2.45) is 0 Å². The molecule has 1 saturated heterocycles. The van der Waals surface area contributed by atoms with Crippen LogP contribution >= 0.6 is 11.3 Å². The minimum absolute atomic E-state index is 0.0818. The number of thiazole rings is 1. The molecule has 3 aromatic rings. The molecule has 1 aliphatic rings. The summed E-state index contributed by atoms with van der Waals surface area (Å²) in [5.41, 5.74) is 1.85. The first kappa shape index (κ1) is 26.0. The Kier molecular flexibility index (Phi) is 8.83. The second-order valence-corrected chi connectivity index (χ2v) is 10.3. The van der Waals surface area contributed by atoms with Gasteiger partial charge in [-0.15, -0.1) is 11.3 Å². The summed E-state index contributed by atoms with van der Waals surface area (Å²) in [5.74, 6) is -0.501. The Morgan fingerprint density at radius 2 is 1.83 bits per heavy atom.